The normalized spacial score (nSPS) is 8.17. The van der Waals surface area contributed by atoms with E-state index in [0.717, 1.165) is 0 Å². The molecule has 0 amide bonds. The predicted octanol–water partition coefficient (Wildman–Crippen LogP) is 1.54. The van der Waals surface area contributed by atoms with Crippen LogP contribution in [0.2, 0.25) is 4.18 Å². The van der Waals surface area contributed by atoms with E-state index in [1.807, 2.05) is 0 Å². The van der Waals surface area contributed by atoms with E-state index in [4.69, 9.17) is 0 Å². The molecule has 0 aliphatic heterocycles. The van der Waals surface area contributed by atoms with Gasteiger partial charge in [-0.05, 0) is 0 Å². The second-order valence-electron chi connectivity index (χ2n) is 1.50. The Labute approximate surface area is 54.2 Å². The van der Waals surface area contributed by atoms with Crippen molar-refractivity contribution < 1.29 is 0 Å². The standard InChI is InChI=1S/C5H9.In/c1-4-5(2)3;/h1-2,4H2,3H3;. The van der Waals surface area contributed by atoms with E-state index in [2.05, 4.69) is 13.5 Å². The van der Waals surface area contributed by atoms with Crippen LogP contribution < -0.4 is 0 Å². The second kappa shape index (κ2) is 3.79. The van der Waals surface area contributed by atoms with Crippen molar-refractivity contribution >= 4 is 24.4 Å². The quantitative estimate of drug-likeness (QED) is 0.571. The summed E-state index contributed by atoms with van der Waals surface area (Å²) in [4.78, 5) is 0. The monoisotopic (exact) mass is 184 g/mol. The Bertz CT molecular complexity index is 47.9. The van der Waals surface area contributed by atoms with Crippen molar-refractivity contribution in [3.63, 3.8) is 0 Å². The van der Waals surface area contributed by atoms with Crippen molar-refractivity contribution in [3.05, 3.63) is 12.2 Å². The van der Waals surface area contributed by atoms with Gasteiger partial charge in [0.05, 0.1) is 0 Å². The van der Waals surface area contributed by atoms with Gasteiger partial charge in [-0.3, -0.25) is 0 Å². The Morgan fingerprint density at radius 1 is 1.83 bits per heavy atom. The van der Waals surface area contributed by atoms with Gasteiger partial charge in [-0.25, -0.2) is 0 Å². The van der Waals surface area contributed by atoms with Crippen molar-refractivity contribution in [2.45, 2.75) is 17.5 Å². The van der Waals surface area contributed by atoms with Crippen LogP contribution in [0.25, 0.3) is 0 Å². The Morgan fingerprint density at radius 3 is 2.33 bits per heavy atom. The maximum atomic E-state index is 3.77. The zero-order valence-electron chi connectivity index (χ0n) is 4.20. The third kappa shape index (κ3) is 4.61. The van der Waals surface area contributed by atoms with Crippen LogP contribution in [-0.4, -0.2) is 24.4 Å². The minimum absolute atomic E-state index is 1.24. The zero-order valence-corrected chi connectivity index (χ0v) is 7.49. The summed E-state index contributed by atoms with van der Waals surface area (Å²) < 4.78 is 1.36. The molecule has 0 fully saturated rings. The van der Waals surface area contributed by atoms with Gasteiger partial charge in [0, 0.05) is 0 Å². The molecule has 0 N–H and O–H groups in total. The molecule has 2 radical (unpaired) electrons. The summed E-state index contributed by atoms with van der Waals surface area (Å²) in [6, 6.07) is 0. The van der Waals surface area contributed by atoms with Gasteiger partial charge in [0.1, 0.15) is 0 Å². The summed E-state index contributed by atoms with van der Waals surface area (Å²) in [7, 11) is 0. The zero-order chi connectivity index (χ0) is 4.99. The Morgan fingerprint density at radius 2 is 2.33 bits per heavy atom. The molecule has 0 saturated carbocycles. The van der Waals surface area contributed by atoms with Crippen LogP contribution in [0, 0.1) is 0 Å². The van der Waals surface area contributed by atoms with Crippen molar-refractivity contribution in [1.82, 2.24) is 0 Å². The summed E-state index contributed by atoms with van der Waals surface area (Å²) in [6.45, 7) is 5.85. The maximum absolute atomic E-state index is 3.77. The average Bonchev–Trinajstić information content (AvgIpc) is 1.35. The number of hydrogen-bond acceptors (Lipinski definition) is 0. The van der Waals surface area contributed by atoms with Gasteiger partial charge in [0.25, 0.3) is 0 Å². The first-order valence-corrected chi connectivity index (χ1v) is 4.45. The number of rotatable bonds is 2. The van der Waals surface area contributed by atoms with Gasteiger partial charge >= 0.3 is 54.0 Å². The summed E-state index contributed by atoms with van der Waals surface area (Å²) in [5.74, 6) is 0. The van der Waals surface area contributed by atoms with Gasteiger partial charge in [0.2, 0.25) is 0 Å². The molecule has 0 aliphatic carbocycles. The van der Waals surface area contributed by atoms with Gasteiger partial charge in [0.15, 0.2) is 0 Å². The molecule has 0 atom stereocenters. The second-order valence-corrected chi connectivity index (χ2v) is 3.14. The van der Waals surface area contributed by atoms with E-state index in [0.29, 0.717) is 0 Å². The molecule has 0 aromatic carbocycles. The Kier molecular flexibility index (Phi) is 4.17. The topological polar surface area (TPSA) is 0 Å². The molecule has 0 rings (SSSR count). The molecule has 0 saturated heterocycles. The first-order chi connectivity index (χ1) is 2.77. The van der Waals surface area contributed by atoms with Gasteiger partial charge in [-0.1, -0.05) is 0 Å². The predicted molar refractivity (Wildman–Crippen MR) is 30.0 cm³/mol. The third-order valence-electron chi connectivity index (χ3n) is 0.571. The fourth-order valence-corrected chi connectivity index (χ4v) is 1.65. The molecule has 0 aliphatic rings. The van der Waals surface area contributed by atoms with E-state index in [1.54, 1.807) is 0 Å². The third-order valence-corrected chi connectivity index (χ3v) is 1.40. The average molecular weight is 184 g/mol. The molecule has 0 unspecified atom stereocenters. The number of hydrogen-bond donors (Lipinski definition) is 0. The van der Waals surface area contributed by atoms with Crippen LogP contribution in [0.4, 0.5) is 0 Å². The minimum atomic E-state index is 1.24. The Hall–Kier alpha value is 0.610. The van der Waals surface area contributed by atoms with Crippen LogP contribution in [0.15, 0.2) is 12.2 Å². The van der Waals surface area contributed by atoms with Crippen LogP contribution in [0.3, 0.4) is 0 Å². The first-order valence-electron chi connectivity index (χ1n) is 2.12. The van der Waals surface area contributed by atoms with Gasteiger partial charge in [-0.15, -0.1) is 0 Å². The van der Waals surface area contributed by atoms with E-state index >= 15 is 0 Å². The molecule has 1 heteroatoms. The molecule has 32 valence electrons. The molecular formula is C5H9In. The van der Waals surface area contributed by atoms with Crippen LogP contribution >= 0.6 is 0 Å². The van der Waals surface area contributed by atoms with E-state index < -0.39 is 0 Å². The molecule has 0 heterocycles. The SMILES string of the molecule is C=C(C)C[CH2][In]. The molecule has 0 aromatic rings. The molecule has 0 nitrogen and oxygen atoms in total. The Balaban J connectivity index is 2.83. The summed E-state index contributed by atoms with van der Waals surface area (Å²) in [6.07, 6.45) is 1.24. The number of allylic oxidation sites excluding steroid dienone is 1. The summed E-state index contributed by atoms with van der Waals surface area (Å²) in [5, 5.41) is 0. The molecule has 0 spiro atoms. The molecular weight excluding hydrogens is 175 g/mol. The van der Waals surface area contributed by atoms with Crippen molar-refractivity contribution in [2.75, 3.05) is 0 Å². The van der Waals surface area contributed by atoms with Crippen molar-refractivity contribution in [2.24, 2.45) is 0 Å². The van der Waals surface area contributed by atoms with Gasteiger partial charge in [-0.2, -0.15) is 0 Å². The summed E-state index contributed by atoms with van der Waals surface area (Å²) >= 11 is 1.38. The van der Waals surface area contributed by atoms with Crippen LogP contribution in [0.5, 0.6) is 0 Å². The van der Waals surface area contributed by atoms with Crippen molar-refractivity contribution in [3.8, 4) is 0 Å². The van der Waals surface area contributed by atoms with Crippen molar-refractivity contribution in [1.29, 1.82) is 0 Å². The fourth-order valence-electron chi connectivity index (χ4n) is 0.246. The van der Waals surface area contributed by atoms with E-state index in [9.17, 15) is 0 Å². The van der Waals surface area contributed by atoms with E-state index in [-0.39, 0.29) is 0 Å². The van der Waals surface area contributed by atoms with Crippen LogP contribution in [0.1, 0.15) is 13.3 Å². The first kappa shape index (κ1) is 6.61. The van der Waals surface area contributed by atoms with Crippen LogP contribution in [-0.2, 0) is 0 Å². The molecule has 6 heavy (non-hydrogen) atoms. The molecule has 0 bridgehead atoms. The van der Waals surface area contributed by atoms with Gasteiger partial charge < -0.3 is 0 Å². The molecule has 0 aromatic heterocycles. The van der Waals surface area contributed by atoms with E-state index in [1.165, 1.54) is 40.5 Å². The fraction of sp³-hybridized carbons (Fsp3) is 0.600. The summed E-state index contributed by atoms with van der Waals surface area (Å²) in [5.41, 5.74) is 1.32.